The lowest BCUT2D eigenvalue weighted by atomic mass is 10.1. The molecule has 0 aliphatic carbocycles. The van der Waals surface area contributed by atoms with Crippen LogP contribution in [0, 0.1) is 6.92 Å². The highest BCUT2D eigenvalue weighted by Gasteiger charge is 2.08. The smallest absolute Gasteiger partial charge is 0.0715 e. The van der Waals surface area contributed by atoms with Crippen molar-refractivity contribution in [1.82, 2.24) is 15.2 Å². The highest BCUT2D eigenvalue weighted by Crippen LogP contribution is 2.25. The monoisotopic (exact) mass is 342 g/mol. The molecule has 0 spiro atoms. The number of aromatic amines is 1. The van der Waals surface area contributed by atoms with Gasteiger partial charge in [0.25, 0.3) is 0 Å². The zero-order chi connectivity index (χ0) is 14.7. The molecule has 0 saturated heterocycles. The second-order valence-electron chi connectivity index (χ2n) is 4.85. The molecule has 0 aliphatic heterocycles. The third-order valence-corrected chi connectivity index (χ3v) is 3.92. The van der Waals surface area contributed by atoms with Gasteiger partial charge in [0, 0.05) is 40.2 Å². The highest BCUT2D eigenvalue weighted by atomic mass is 79.9. The quantitative estimate of drug-likeness (QED) is 0.748. The summed E-state index contributed by atoms with van der Waals surface area (Å²) in [6, 6.07) is 10.2. The molecule has 0 amide bonds. The van der Waals surface area contributed by atoms with E-state index in [0.29, 0.717) is 6.54 Å². The molecule has 2 heterocycles. The summed E-state index contributed by atoms with van der Waals surface area (Å²) in [6.45, 7) is 2.77. The van der Waals surface area contributed by atoms with Gasteiger partial charge in [-0.1, -0.05) is 6.07 Å². The van der Waals surface area contributed by atoms with Gasteiger partial charge in [0.05, 0.1) is 11.9 Å². The van der Waals surface area contributed by atoms with Crippen LogP contribution < -0.4 is 5.32 Å². The Bertz CT molecular complexity index is 737. The molecule has 0 unspecified atom stereocenters. The molecule has 2 aromatic heterocycles. The van der Waals surface area contributed by atoms with E-state index in [2.05, 4.69) is 61.6 Å². The van der Waals surface area contributed by atoms with Gasteiger partial charge in [-0.2, -0.15) is 5.10 Å². The third kappa shape index (κ3) is 3.13. The number of benzene rings is 1. The SMILES string of the molecule is Cc1ccc(NCc2cn[nH]c2-c2cccnc2)c(Br)c1. The number of anilines is 1. The first kappa shape index (κ1) is 13.8. The third-order valence-electron chi connectivity index (χ3n) is 3.26. The zero-order valence-electron chi connectivity index (χ0n) is 11.6. The van der Waals surface area contributed by atoms with E-state index >= 15 is 0 Å². The predicted molar refractivity (Wildman–Crippen MR) is 88.0 cm³/mol. The minimum atomic E-state index is 0.697. The fraction of sp³-hybridized carbons (Fsp3) is 0.125. The van der Waals surface area contributed by atoms with E-state index < -0.39 is 0 Å². The number of pyridine rings is 1. The molecule has 106 valence electrons. The van der Waals surface area contributed by atoms with Crippen LogP contribution in [-0.2, 0) is 6.54 Å². The fourth-order valence-electron chi connectivity index (χ4n) is 2.16. The Balaban J connectivity index is 1.79. The van der Waals surface area contributed by atoms with Gasteiger partial charge < -0.3 is 5.32 Å². The molecular weight excluding hydrogens is 328 g/mol. The van der Waals surface area contributed by atoms with Crippen LogP contribution in [0.3, 0.4) is 0 Å². The van der Waals surface area contributed by atoms with E-state index in [-0.39, 0.29) is 0 Å². The summed E-state index contributed by atoms with van der Waals surface area (Å²) in [6.07, 6.45) is 5.44. The molecule has 3 aromatic rings. The van der Waals surface area contributed by atoms with Crippen molar-refractivity contribution in [3.63, 3.8) is 0 Å². The predicted octanol–water partition coefficient (Wildman–Crippen LogP) is 4.15. The van der Waals surface area contributed by atoms with Crippen LogP contribution in [-0.4, -0.2) is 15.2 Å². The Morgan fingerprint density at radius 2 is 2.14 bits per heavy atom. The first-order valence-corrected chi connectivity index (χ1v) is 7.46. The van der Waals surface area contributed by atoms with Crippen molar-refractivity contribution in [2.75, 3.05) is 5.32 Å². The molecule has 5 heteroatoms. The number of hydrogen-bond acceptors (Lipinski definition) is 3. The van der Waals surface area contributed by atoms with Crippen LogP contribution in [0.15, 0.2) is 53.4 Å². The molecule has 4 nitrogen and oxygen atoms in total. The lowest BCUT2D eigenvalue weighted by Gasteiger charge is -2.09. The van der Waals surface area contributed by atoms with Gasteiger partial charge >= 0.3 is 0 Å². The van der Waals surface area contributed by atoms with Crippen LogP contribution in [0.4, 0.5) is 5.69 Å². The van der Waals surface area contributed by atoms with E-state index in [4.69, 9.17) is 0 Å². The zero-order valence-corrected chi connectivity index (χ0v) is 13.2. The summed E-state index contributed by atoms with van der Waals surface area (Å²) in [5.41, 5.74) is 5.44. The minimum absolute atomic E-state index is 0.697. The van der Waals surface area contributed by atoms with Gasteiger partial charge in [-0.3, -0.25) is 10.1 Å². The average Bonchev–Trinajstić information content (AvgIpc) is 2.96. The van der Waals surface area contributed by atoms with Crippen LogP contribution in [0.1, 0.15) is 11.1 Å². The van der Waals surface area contributed by atoms with Crippen LogP contribution in [0.25, 0.3) is 11.3 Å². The molecule has 2 N–H and O–H groups in total. The number of aromatic nitrogens is 3. The molecular formula is C16H15BrN4. The van der Waals surface area contributed by atoms with Crippen molar-refractivity contribution >= 4 is 21.6 Å². The van der Waals surface area contributed by atoms with Crippen molar-refractivity contribution in [2.45, 2.75) is 13.5 Å². The summed E-state index contributed by atoms with van der Waals surface area (Å²) in [5, 5.41) is 10.6. The van der Waals surface area contributed by atoms with Crippen molar-refractivity contribution < 1.29 is 0 Å². The normalized spacial score (nSPS) is 10.6. The molecule has 3 rings (SSSR count). The van der Waals surface area contributed by atoms with Gasteiger partial charge in [-0.05, 0) is 52.7 Å². The maximum absolute atomic E-state index is 4.15. The Labute approximate surface area is 131 Å². The maximum atomic E-state index is 4.15. The Morgan fingerprint density at radius 1 is 1.24 bits per heavy atom. The van der Waals surface area contributed by atoms with Crippen molar-refractivity contribution in [3.8, 4) is 11.3 Å². The Morgan fingerprint density at radius 3 is 2.90 bits per heavy atom. The fourth-order valence-corrected chi connectivity index (χ4v) is 2.79. The van der Waals surface area contributed by atoms with Crippen LogP contribution in [0.5, 0.6) is 0 Å². The van der Waals surface area contributed by atoms with Crippen LogP contribution in [0.2, 0.25) is 0 Å². The number of nitrogens with zero attached hydrogens (tertiary/aromatic N) is 2. The van der Waals surface area contributed by atoms with Gasteiger partial charge in [0.1, 0.15) is 0 Å². The highest BCUT2D eigenvalue weighted by molar-refractivity contribution is 9.10. The van der Waals surface area contributed by atoms with E-state index in [1.165, 1.54) is 5.56 Å². The molecule has 0 atom stereocenters. The van der Waals surface area contributed by atoms with Crippen LogP contribution >= 0.6 is 15.9 Å². The van der Waals surface area contributed by atoms with E-state index in [9.17, 15) is 0 Å². The van der Waals surface area contributed by atoms with Crippen molar-refractivity contribution in [3.05, 3.63) is 64.5 Å². The van der Waals surface area contributed by atoms with Gasteiger partial charge in [0.15, 0.2) is 0 Å². The Kier molecular flexibility index (Phi) is 4.01. The lowest BCUT2D eigenvalue weighted by Crippen LogP contribution is -2.00. The molecule has 0 fully saturated rings. The molecule has 0 radical (unpaired) electrons. The number of hydrogen-bond donors (Lipinski definition) is 2. The van der Waals surface area contributed by atoms with Crippen molar-refractivity contribution in [2.24, 2.45) is 0 Å². The van der Waals surface area contributed by atoms with E-state index in [1.807, 2.05) is 24.5 Å². The first-order chi connectivity index (χ1) is 10.2. The number of halogens is 1. The summed E-state index contributed by atoms with van der Waals surface area (Å²) >= 11 is 3.58. The summed E-state index contributed by atoms with van der Waals surface area (Å²) in [7, 11) is 0. The Hall–Kier alpha value is -2.14. The second kappa shape index (κ2) is 6.10. The van der Waals surface area contributed by atoms with E-state index in [0.717, 1.165) is 27.0 Å². The molecule has 0 saturated carbocycles. The molecule has 0 aliphatic rings. The molecule has 1 aromatic carbocycles. The largest absolute Gasteiger partial charge is 0.380 e. The maximum Gasteiger partial charge on any atom is 0.0715 e. The second-order valence-corrected chi connectivity index (χ2v) is 5.70. The summed E-state index contributed by atoms with van der Waals surface area (Å²) in [4.78, 5) is 4.15. The standard InChI is InChI=1S/C16H15BrN4/c1-11-4-5-15(14(17)7-11)19-9-13-10-20-21-16(13)12-3-2-6-18-8-12/h2-8,10,19H,9H2,1H3,(H,20,21). The summed E-state index contributed by atoms with van der Waals surface area (Å²) in [5.74, 6) is 0. The van der Waals surface area contributed by atoms with Crippen molar-refractivity contribution in [1.29, 1.82) is 0 Å². The average molecular weight is 343 g/mol. The van der Waals surface area contributed by atoms with Gasteiger partial charge in [-0.15, -0.1) is 0 Å². The number of nitrogens with one attached hydrogen (secondary N) is 2. The number of rotatable bonds is 4. The topological polar surface area (TPSA) is 53.6 Å². The minimum Gasteiger partial charge on any atom is -0.380 e. The summed E-state index contributed by atoms with van der Waals surface area (Å²) < 4.78 is 1.06. The molecule has 0 bridgehead atoms. The van der Waals surface area contributed by atoms with Gasteiger partial charge in [-0.25, -0.2) is 0 Å². The van der Waals surface area contributed by atoms with E-state index in [1.54, 1.807) is 6.20 Å². The van der Waals surface area contributed by atoms with Gasteiger partial charge in [0.2, 0.25) is 0 Å². The molecule has 21 heavy (non-hydrogen) atoms. The number of aryl methyl sites for hydroxylation is 1. The number of H-pyrrole nitrogens is 1. The lowest BCUT2D eigenvalue weighted by molar-refractivity contribution is 1.09. The first-order valence-electron chi connectivity index (χ1n) is 6.67.